The van der Waals surface area contributed by atoms with Crippen molar-refractivity contribution in [1.29, 1.82) is 0 Å². The minimum absolute atomic E-state index is 0.0101. The summed E-state index contributed by atoms with van der Waals surface area (Å²) in [5.41, 5.74) is 12.8. The number of carboxylic acids is 2. The van der Waals surface area contributed by atoms with E-state index in [1.54, 1.807) is 10.8 Å². The van der Waals surface area contributed by atoms with Crippen molar-refractivity contribution in [3.05, 3.63) is 39.6 Å². The highest BCUT2D eigenvalue weighted by Gasteiger charge is 2.53. The molecular weight excluding hydrogens is 676 g/mol. The molecule has 0 saturated carbocycles. The number of aliphatic carboxylic acids is 2. The summed E-state index contributed by atoms with van der Waals surface area (Å²) in [5, 5.41) is 30.3. The normalized spacial score (nSPS) is 21.8. The van der Waals surface area contributed by atoms with Crippen LogP contribution in [0.25, 0.3) is 11.2 Å². The summed E-state index contributed by atoms with van der Waals surface area (Å²) >= 11 is 8.28. The molecule has 3 unspecified atom stereocenters. The van der Waals surface area contributed by atoms with Crippen molar-refractivity contribution in [3.63, 3.8) is 0 Å². The van der Waals surface area contributed by atoms with Crippen LogP contribution in [0.2, 0.25) is 4.34 Å². The lowest BCUT2D eigenvalue weighted by Crippen LogP contribution is -2.71. The lowest BCUT2D eigenvalue weighted by atomic mass is 10.0. The van der Waals surface area contributed by atoms with Crippen molar-refractivity contribution >= 4 is 86.4 Å². The number of thioether (sulfide) groups is 1. The molecule has 2 fully saturated rings. The van der Waals surface area contributed by atoms with E-state index in [9.17, 15) is 24.3 Å². The van der Waals surface area contributed by atoms with E-state index >= 15 is 0 Å². The lowest BCUT2D eigenvalue weighted by Gasteiger charge is -2.50. The molecule has 6 heterocycles. The molecule has 3 aromatic rings. The van der Waals surface area contributed by atoms with Crippen LogP contribution < -0.4 is 31.8 Å². The van der Waals surface area contributed by atoms with Crippen LogP contribution in [0.15, 0.2) is 34.8 Å². The number of nitrogens with zero attached hydrogens (tertiary/aromatic N) is 6. The second-order valence-corrected chi connectivity index (χ2v) is 13.8. The number of nitrogens with two attached hydrogens (primary N) is 2. The average molecular weight is 705 g/mol. The zero-order chi connectivity index (χ0) is 33.6. The summed E-state index contributed by atoms with van der Waals surface area (Å²) < 4.78 is 3.72. The van der Waals surface area contributed by atoms with Gasteiger partial charge in [-0.05, 0) is 49.5 Å². The predicted octanol–water partition coefficient (Wildman–Crippen LogP) is -1.49. The maximum atomic E-state index is 13.4. The minimum Gasteiger partial charge on any atom is -0.543 e. The van der Waals surface area contributed by atoms with Gasteiger partial charge in [0.05, 0.1) is 17.9 Å². The molecule has 3 aromatic heterocycles. The predicted molar refractivity (Wildman–Crippen MR) is 169 cm³/mol. The SMILES string of the molecule is C[C@H](O/N=C(\C(=O)NC1C(=O)N2C(C(=O)[O-])=C(C[n+]3cccc4c3nc(N)n4CC3CCNC3)CSC12)c1nc(N)sc1Cl)C(=O)O. The number of fused-ring (bicyclic) bond motifs is 2. The number of pyridine rings is 1. The molecule has 0 aromatic carbocycles. The van der Waals surface area contributed by atoms with Crippen molar-refractivity contribution < 1.29 is 38.8 Å². The molecule has 0 bridgehead atoms. The molecular formula is C27H29ClN10O7S2. The molecule has 0 spiro atoms. The van der Waals surface area contributed by atoms with Crippen LogP contribution in [0.4, 0.5) is 11.1 Å². The number of nitrogen functional groups attached to an aromatic ring is 2. The fraction of sp³-hybridized carbons (Fsp3) is 0.407. The van der Waals surface area contributed by atoms with Crippen molar-refractivity contribution in [1.82, 2.24) is 30.1 Å². The third-order valence-corrected chi connectivity index (χ3v) is 10.4. The molecule has 2 saturated heterocycles. The smallest absolute Gasteiger partial charge is 0.351 e. The van der Waals surface area contributed by atoms with E-state index in [4.69, 9.17) is 33.0 Å². The topological polar surface area (TPSA) is 247 Å². The number of carbonyl (C=O) groups excluding carboxylic acids is 3. The van der Waals surface area contributed by atoms with Gasteiger partial charge in [0.2, 0.25) is 6.10 Å². The van der Waals surface area contributed by atoms with Gasteiger partial charge in [-0.25, -0.2) is 14.3 Å². The molecule has 3 aliphatic rings. The largest absolute Gasteiger partial charge is 0.543 e. The number of oxime groups is 1. The van der Waals surface area contributed by atoms with Crippen molar-refractivity contribution in [2.24, 2.45) is 11.1 Å². The first-order chi connectivity index (χ1) is 22.4. The van der Waals surface area contributed by atoms with Crippen LogP contribution in [0, 0.1) is 5.92 Å². The number of thiazole rings is 1. The number of carbonyl (C=O) groups is 4. The number of β-lactam (4-membered cyclic amide) rings is 1. The van der Waals surface area contributed by atoms with E-state index in [0.29, 0.717) is 29.6 Å². The maximum Gasteiger partial charge on any atom is 0.351 e. The van der Waals surface area contributed by atoms with Gasteiger partial charge >= 0.3 is 17.6 Å². The number of aromatic nitrogens is 4. The van der Waals surface area contributed by atoms with Crippen molar-refractivity contribution in [3.8, 4) is 0 Å². The minimum atomic E-state index is -1.54. The van der Waals surface area contributed by atoms with Gasteiger partial charge < -0.3 is 41.9 Å². The van der Waals surface area contributed by atoms with E-state index < -0.39 is 47.0 Å². The van der Waals surface area contributed by atoms with Gasteiger partial charge in [0, 0.05) is 17.9 Å². The number of amides is 2. The molecule has 2 amide bonds. The number of rotatable bonds is 11. The highest BCUT2D eigenvalue weighted by Crippen LogP contribution is 2.40. The molecule has 0 aliphatic carbocycles. The second-order valence-electron chi connectivity index (χ2n) is 11.1. The molecule has 248 valence electrons. The van der Waals surface area contributed by atoms with Crippen molar-refractivity contribution in [2.75, 3.05) is 30.3 Å². The van der Waals surface area contributed by atoms with E-state index in [1.807, 2.05) is 16.7 Å². The quantitative estimate of drug-likeness (QED) is 0.0661. The van der Waals surface area contributed by atoms with Gasteiger partial charge in [-0.15, -0.1) is 11.8 Å². The average Bonchev–Trinajstić information content (AvgIpc) is 3.75. The molecule has 0 radical (unpaired) electrons. The van der Waals surface area contributed by atoms with E-state index in [1.165, 1.54) is 18.7 Å². The first-order valence-corrected chi connectivity index (χ1v) is 16.6. The summed E-state index contributed by atoms with van der Waals surface area (Å²) in [4.78, 5) is 64.9. The zero-order valence-electron chi connectivity index (χ0n) is 24.7. The Kier molecular flexibility index (Phi) is 8.97. The summed E-state index contributed by atoms with van der Waals surface area (Å²) in [6.07, 6.45) is 1.37. The van der Waals surface area contributed by atoms with E-state index in [2.05, 4.69) is 25.8 Å². The van der Waals surface area contributed by atoms with Gasteiger partial charge in [-0.1, -0.05) is 28.1 Å². The van der Waals surface area contributed by atoms with Crippen LogP contribution in [0.1, 0.15) is 19.0 Å². The standard InChI is InChI=1S/C27H29ClN10O7S2/c1-11(24(41)42)45-35-16(15-19(28)47-27(30)33-15)21(39)32-17-22(40)38-18(25(43)44)13(10-46-23(17)38)9-36-6-2-3-14-20(36)34-26(29)37(14)8-12-4-5-31-7-12/h2-3,6,11-12,17,23,29,31H,4-5,7-10H2,1H3,(H5,30,32,33,39,41,42,43,44)/b35-16-/t11-,12?,17?,23?/m0/s1. The van der Waals surface area contributed by atoms with Crippen LogP contribution >= 0.6 is 34.7 Å². The monoisotopic (exact) mass is 704 g/mol. The Bertz CT molecular complexity index is 1850. The molecule has 3 aliphatic heterocycles. The van der Waals surface area contributed by atoms with Crippen LogP contribution in [0.5, 0.6) is 0 Å². The molecule has 20 heteroatoms. The van der Waals surface area contributed by atoms with Gasteiger partial charge in [0.1, 0.15) is 33.5 Å². The summed E-state index contributed by atoms with van der Waals surface area (Å²) in [7, 11) is 0. The number of nitrogens with one attached hydrogen (secondary N) is 2. The second kappa shape index (κ2) is 13.0. The Balaban J connectivity index is 1.23. The number of imidazole rings is 1. The Morgan fingerprint density at radius 2 is 2.15 bits per heavy atom. The maximum absolute atomic E-state index is 13.4. The van der Waals surface area contributed by atoms with Crippen LogP contribution in [-0.2, 0) is 37.1 Å². The van der Waals surface area contributed by atoms with Gasteiger partial charge in [0.25, 0.3) is 11.8 Å². The van der Waals surface area contributed by atoms with Gasteiger partial charge in [-0.3, -0.25) is 19.1 Å². The summed E-state index contributed by atoms with van der Waals surface area (Å²) in [6, 6.07) is 2.58. The van der Waals surface area contributed by atoms with Gasteiger partial charge in [-0.2, -0.15) is 0 Å². The lowest BCUT2D eigenvalue weighted by molar-refractivity contribution is -0.664. The molecule has 4 atom stereocenters. The molecule has 6 rings (SSSR count). The Morgan fingerprint density at radius 1 is 1.36 bits per heavy atom. The first-order valence-electron chi connectivity index (χ1n) is 14.4. The van der Waals surface area contributed by atoms with E-state index in [0.717, 1.165) is 41.3 Å². The number of carboxylic acid groups (broad SMARTS) is 2. The van der Waals surface area contributed by atoms with Crippen LogP contribution in [-0.4, -0.2) is 90.4 Å². The Morgan fingerprint density at radius 3 is 2.81 bits per heavy atom. The third-order valence-electron chi connectivity index (χ3n) is 7.99. The van der Waals surface area contributed by atoms with E-state index in [-0.39, 0.29) is 33.2 Å². The van der Waals surface area contributed by atoms with Crippen LogP contribution in [0.3, 0.4) is 0 Å². The number of hydrogen-bond acceptors (Lipinski definition) is 14. The Hall–Kier alpha value is -4.46. The summed E-state index contributed by atoms with van der Waals surface area (Å²) in [6.45, 7) is 3.82. The van der Waals surface area contributed by atoms with Gasteiger partial charge in [0.15, 0.2) is 10.8 Å². The molecule has 17 nitrogen and oxygen atoms in total. The highest BCUT2D eigenvalue weighted by molar-refractivity contribution is 8.00. The molecule has 47 heavy (non-hydrogen) atoms. The van der Waals surface area contributed by atoms with Crippen molar-refractivity contribution in [2.45, 2.75) is 44.0 Å². The molecule has 7 N–H and O–H groups in total. The Labute approximate surface area is 279 Å². The first kappa shape index (κ1) is 32.5. The highest BCUT2D eigenvalue weighted by atomic mass is 35.5. The zero-order valence-corrected chi connectivity index (χ0v) is 27.1. The fourth-order valence-electron chi connectivity index (χ4n) is 5.64. The fourth-order valence-corrected chi connectivity index (χ4v) is 7.91. The number of halogens is 1. The summed E-state index contributed by atoms with van der Waals surface area (Å²) in [5.74, 6) is -3.58. The number of anilines is 2. The third kappa shape index (κ3) is 6.18. The number of hydrogen-bond donors (Lipinski definition) is 5.